The van der Waals surface area contributed by atoms with Crippen molar-refractivity contribution < 1.29 is 28.7 Å². The summed E-state index contributed by atoms with van der Waals surface area (Å²) in [4.78, 5) is 74.5. The Bertz CT molecular complexity index is 3090. The van der Waals surface area contributed by atoms with Crippen molar-refractivity contribution in [3.8, 4) is 44.8 Å². The van der Waals surface area contributed by atoms with Gasteiger partial charge in [0.15, 0.2) is 0 Å². The molecular formula is C61H72N8O6. The van der Waals surface area contributed by atoms with Gasteiger partial charge in [0.2, 0.25) is 11.8 Å². The Labute approximate surface area is 439 Å². The molecule has 2 aliphatic heterocycles. The number of hydrogen-bond donors (Lipinski definition) is 4. The van der Waals surface area contributed by atoms with Crippen molar-refractivity contribution >= 4 is 24.0 Å². The highest BCUT2D eigenvalue weighted by molar-refractivity contribution is 5.88. The maximum Gasteiger partial charge on any atom is 0.407 e. The van der Waals surface area contributed by atoms with Gasteiger partial charge in [-0.3, -0.25) is 9.59 Å². The van der Waals surface area contributed by atoms with E-state index in [-0.39, 0.29) is 60.3 Å². The number of aromatic nitrogens is 4. The number of likely N-dealkylation sites (tertiary alicyclic amines) is 2. The van der Waals surface area contributed by atoms with E-state index in [1.165, 1.54) is 91.7 Å². The lowest BCUT2D eigenvalue weighted by Gasteiger charge is -2.32. The molecule has 6 aliphatic carbocycles. The minimum atomic E-state index is -0.654. The van der Waals surface area contributed by atoms with Crippen LogP contribution in [0.25, 0.3) is 44.8 Å². The van der Waals surface area contributed by atoms with E-state index in [2.05, 4.69) is 87.9 Å². The fourth-order valence-electron chi connectivity index (χ4n) is 15.5. The number of imidazole rings is 2. The van der Waals surface area contributed by atoms with E-state index < -0.39 is 18.2 Å². The fraction of sp³-hybridized carbons (Fsp3) is 0.541. The first kappa shape index (κ1) is 48.2. The number of rotatable bonds is 15. The predicted octanol–water partition coefficient (Wildman–Crippen LogP) is 11.6. The first-order chi connectivity index (χ1) is 36.5. The number of carbonyl (C=O) groups is 4. The molecule has 392 valence electrons. The average molecular weight is 1010 g/mol. The molecule has 14 nitrogen and oxygen atoms in total. The van der Waals surface area contributed by atoms with Crippen LogP contribution in [0, 0.1) is 29.6 Å². The summed E-state index contributed by atoms with van der Waals surface area (Å²) in [5, 5.41) is 5.66. The van der Waals surface area contributed by atoms with Crippen molar-refractivity contribution in [1.82, 2.24) is 40.4 Å². The lowest BCUT2D eigenvalue weighted by atomic mass is 9.77. The van der Waals surface area contributed by atoms with E-state index in [9.17, 15) is 19.2 Å². The number of fused-ring (bicyclic) bond motifs is 12. The van der Waals surface area contributed by atoms with Crippen LogP contribution >= 0.6 is 0 Å². The van der Waals surface area contributed by atoms with Crippen LogP contribution in [0.2, 0.25) is 0 Å². The molecule has 2 aromatic heterocycles. The molecule has 4 saturated carbocycles. The molecular weight excluding hydrogens is 941 g/mol. The number of amides is 4. The van der Waals surface area contributed by atoms with Crippen LogP contribution in [0.3, 0.4) is 0 Å². The highest BCUT2D eigenvalue weighted by atomic mass is 16.5. The zero-order valence-corrected chi connectivity index (χ0v) is 44.3. The standard InChI is InChI=1S/C61H72N8O6/c1-7-30(3)44(27-64-60(72)74-5)58(70)68-47-23-38(47)25-49(68)56-62-28-45(65-56)33-11-9-32(10-12-33)40-17-18-41(52-35-14-13-34(21-35)51(40)52)42-19-20-43(54-37-16-15-36(22-37)53(42)54)46-29-63-57(66-46)50-26-39-24-48(39)69(50)59(71)55(31(4)8-2)67-61(73)75-6/h9-12,17-20,28-31,34-39,44,47-50,55H,7-8,13-16,21-27H2,1-6H3,(H,62,65)(H,63,66)(H,64,72)(H,67,73)/t30-,31-,34?,35?,36?,37?,38?,39?,44+,47?,48?,49-,50-,55?/m0/s1. The smallest absolute Gasteiger partial charge is 0.407 e. The summed E-state index contributed by atoms with van der Waals surface area (Å²) < 4.78 is 9.78. The monoisotopic (exact) mass is 1010 g/mol. The minimum absolute atomic E-state index is 0.0394. The molecule has 4 heterocycles. The lowest BCUT2D eigenvalue weighted by Crippen LogP contribution is -2.52. The average Bonchev–Trinajstić information content (AvgIpc) is 4.14. The third-order valence-corrected chi connectivity index (χ3v) is 19.9. The SMILES string of the molecule is CC[C@H](C)C(NC(=O)OC)C(=O)N1C2CC2C[C@H]1c1ncc(-c2ccc(-c3ccc(-c4ccc(-c5cnc([C@@H]6CC7CC7N6C(=O)[C@H](CNC(=O)OC)[C@@H](C)CC)[nH]5)cc4)c4c3C3CCC4C3)c3c2C2CCC3C2)[nH]1. The van der Waals surface area contributed by atoms with E-state index in [1.807, 2.05) is 31.1 Å². The minimum Gasteiger partial charge on any atom is -0.453 e. The van der Waals surface area contributed by atoms with Crippen LogP contribution in [-0.4, -0.2) is 92.6 Å². The Balaban J connectivity index is 0.770. The molecule has 75 heavy (non-hydrogen) atoms. The molecule has 4 amide bonds. The Morgan fingerprint density at radius 1 is 0.587 bits per heavy atom. The summed E-state index contributed by atoms with van der Waals surface area (Å²) in [6.07, 6.45) is 15.5. The number of H-pyrrole nitrogens is 2. The molecule has 6 fully saturated rings. The first-order valence-electron chi connectivity index (χ1n) is 28.3. The topological polar surface area (TPSA) is 175 Å². The van der Waals surface area contributed by atoms with E-state index >= 15 is 0 Å². The molecule has 5 aromatic rings. The Morgan fingerprint density at radius 2 is 1.07 bits per heavy atom. The van der Waals surface area contributed by atoms with Crippen molar-refractivity contribution in [2.45, 2.75) is 159 Å². The largest absolute Gasteiger partial charge is 0.453 e. The van der Waals surface area contributed by atoms with Gasteiger partial charge in [-0.05, 0) is 162 Å². The molecule has 0 radical (unpaired) electrons. The Kier molecular flexibility index (Phi) is 12.0. The zero-order valence-electron chi connectivity index (χ0n) is 44.3. The van der Waals surface area contributed by atoms with Crippen molar-refractivity contribution in [3.63, 3.8) is 0 Å². The summed E-state index contributed by atoms with van der Waals surface area (Å²) in [6.45, 7) is 8.49. The number of nitrogens with zero attached hydrogens (tertiary/aromatic N) is 4. The van der Waals surface area contributed by atoms with E-state index in [4.69, 9.17) is 19.4 Å². The van der Waals surface area contributed by atoms with Gasteiger partial charge in [0.25, 0.3) is 0 Å². The number of carbonyl (C=O) groups excluding carboxylic acids is 4. The number of aromatic amines is 2. The van der Waals surface area contributed by atoms with Crippen LogP contribution in [-0.2, 0) is 19.1 Å². The highest BCUT2D eigenvalue weighted by Crippen LogP contribution is 2.63. The summed E-state index contributed by atoms with van der Waals surface area (Å²) in [5.41, 5.74) is 15.9. The fourth-order valence-corrected chi connectivity index (χ4v) is 15.5. The van der Waals surface area contributed by atoms with Crippen molar-refractivity contribution in [1.29, 1.82) is 0 Å². The highest BCUT2D eigenvalue weighted by Gasteiger charge is 2.58. The van der Waals surface area contributed by atoms with Gasteiger partial charge in [0.05, 0.1) is 56.0 Å². The second kappa shape index (κ2) is 18.7. The molecule has 4 bridgehead atoms. The molecule has 13 rings (SSSR count). The van der Waals surface area contributed by atoms with E-state index in [0.717, 1.165) is 67.1 Å². The summed E-state index contributed by atoms with van der Waals surface area (Å²) >= 11 is 0. The van der Waals surface area contributed by atoms with Crippen molar-refractivity contribution in [2.75, 3.05) is 20.8 Å². The van der Waals surface area contributed by atoms with Crippen LogP contribution < -0.4 is 10.6 Å². The predicted molar refractivity (Wildman–Crippen MR) is 285 cm³/mol. The number of methoxy groups -OCH3 is 2. The van der Waals surface area contributed by atoms with Crippen molar-refractivity contribution in [3.05, 3.63) is 94.8 Å². The second-order valence-electron chi connectivity index (χ2n) is 23.8. The third kappa shape index (κ3) is 8.00. The molecule has 2 saturated heterocycles. The summed E-state index contributed by atoms with van der Waals surface area (Å²) in [7, 11) is 2.69. The molecule has 8 aliphatic rings. The number of benzene rings is 3. The van der Waals surface area contributed by atoms with Gasteiger partial charge in [0, 0.05) is 24.2 Å². The molecule has 0 spiro atoms. The van der Waals surface area contributed by atoms with Gasteiger partial charge in [-0.15, -0.1) is 0 Å². The van der Waals surface area contributed by atoms with Gasteiger partial charge in [0.1, 0.15) is 17.7 Å². The summed E-state index contributed by atoms with van der Waals surface area (Å²) in [6, 6.07) is 18.1. The Hall–Kier alpha value is -6.44. The van der Waals surface area contributed by atoms with Gasteiger partial charge >= 0.3 is 12.2 Å². The van der Waals surface area contributed by atoms with Gasteiger partial charge < -0.3 is 39.9 Å². The van der Waals surface area contributed by atoms with Crippen LogP contribution in [0.1, 0.15) is 174 Å². The summed E-state index contributed by atoms with van der Waals surface area (Å²) in [5.74, 6) is 4.57. The Morgan fingerprint density at radius 3 is 1.63 bits per heavy atom. The van der Waals surface area contributed by atoms with Gasteiger partial charge in [-0.2, -0.15) is 0 Å². The maximum atomic E-state index is 14.3. The molecule has 4 N–H and O–H groups in total. The number of ether oxygens (including phenoxy) is 2. The maximum absolute atomic E-state index is 14.3. The molecule has 14 atom stereocenters. The second-order valence-corrected chi connectivity index (χ2v) is 23.8. The zero-order chi connectivity index (χ0) is 51.6. The molecule has 9 unspecified atom stereocenters. The molecule has 14 heteroatoms. The van der Waals surface area contributed by atoms with Crippen LogP contribution in [0.15, 0.2) is 60.9 Å². The van der Waals surface area contributed by atoms with Crippen molar-refractivity contribution in [2.24, 2.45) is 29.6 Å². The van der Waals surface area contributed by atoms with Crippen LogP contribution in [0.5, 0.6) is 0 Å². The lowest BCUT2D eigenvalue weighted by molar-refractivity contribution is -0.139. The van der Waals surface area contributed by atoms with E-state index in [0.29, 0.717) is 35.5 Å². The molecule has 3 aromatic carbocycles. The van der Waals surface area contributed by atoms with Gasteiger partial charge in [-0.1, -0.05) is 89.1 Å². The van der Waals surface area contributed by atoms with Gasteiger partial charge in [-0.25, -0.2) is 19.6 Å². The van der Waals surface area contributed by atoms with E-state index in [1.54, 1.807) is 11.1 Å². The first-order valence-corrected chi connectivity index (χ1v) is 28.3. The number of nitrogens with one attached hydrogen (secondary N) is 4. The van der Waals surface area contributed by atoms with Crippen LogP contribution in [0.4, 0.5) is 9.59 Å². The third-order valence-electron chi connectivity index (χ3n) is 19.9. The number of piperidine rings is 2. The number of hydrogen-bond acceptors (Lipinski definition) is 8. The quantitative estimate of drug-likeness (QED) is 0.0801. The normalized spacial score (nSPS) is 28.5. The number of alkyl carbamates (subject to hydrolysis) is 2.